The number of carbonyl (C=O) groups excluding carboxylic acids is 3. The second-order valence-electron chi connectivity index (χ2n) is 16.0. The van der Waals surface area contributed by atoms with Gasteiger partial charge >= 0.3 is 6.09 Å². The summed E-state index contributed by atoms with van der Waals surface area (Å²) < 4.78 is 46.6. The average Bonchev–Trinajstić information content (AvgIpc) is 3.67. The zero-order valence-corrected chi connectivity index (χ0v) is 36.6. The molecule has 0 spiro atoms. The van der Waals surface area contributed by atoms with Crippen LogP contribution in [0, 0.1) is 27.2 Å². The van der Waals surface area contributed by atoms with Crippen molar-refractivity contribution in [2.24, 2.45) is 0 Å². The van der Waals surface area contributed by atoms with Crippen molar-refractivity contribution < 1.29 is 46.9 Å². The fourth-order valence-corrected chi connectivity index (χ4v) is 7.92. The summed E-state index contributed by atoms with van der Waals surface area (Å²) in [6.07, 6.45) is -1.79. The molecule has 334 valence electrons. The molecule has 1 aliphatic rings. The van der Waals surface area contributed by atoms with E-state index in [-0.39, 0.29) is 36.7 Å². The van der Waals surface area contributed by atoms with E-state index in [4.69, 9.17) is 25.8 Å². The van der Waals surface area contributed by atoms with Crippen LogP contribution in [0.3, 0.4) is 0 Å². The summed E-state index contributed by atoms with van der Waals surface area (Å²) in [6.45, 7) is 7.03. The fourth-order valence-electron chi connectivity index (χ4n) is 6.70. The SMILES string of the molecule is Cc1ccc(-c2ccc(O[C@H]3C[C@@H](C(=O)N[C@@H](Cc4ccc(OCc5ccc([N+](=O)[O-])cc5)cc4)C(=O)NS(=O)(=O)c4ccc(Cl)c([N+](=O)[O-])c4)N(C(=O)OC(C)(C)C)C3)cc2)cc1. The molecule has 1 heterocycles. The van der Waals surface area contributed by atoms with Gasteiger partial charge in [0.05, 0.1) is 21.3 Å². The van der Waals surface area contributed by atoms with Crippen LogP contribution in [0.4, 0.5) is 16.2 Å². The highest BCUT2D eigenvalue weighted by atomic mass is 35.5. The predicted octanol–water partition coefficient (Wildman–Crippen LogP) is 7.70. The van der Waals surface area contributed by atoms with Crippen LogP contribution in [0.15, 0.2) is 120 Å². The van der Waals surface area contributed by atoms with Gasteiger partial charge in [-0.25, -0.2) is 17.9 Å². The van der Waals surface area contributed by atoms with Gasteiger partial charge in [0.15, 0.2) is 0 Å². The number of rotatable bonds is 15. The molecule has 3 amide bonds. The van der Waals surface area contributed by atoms with Gasteiger partial charge in [-0.15, -0.1) is 0 Å². The summed E-state index contributed by atoms with van der Waals surface area (Å²) >= 11 is 5.90. The van der Waals surface area contributed by atoms with Gasteiger partial charge in [0, 0.05) is 31.0 Å². The molecule has 19 heteroatoms. The number of likely N-dealkylation sites (tertiary alicyclic amines) is 1. The lowest BCUT2D eigenvalue weighted by atomic mass is 10.0. The van der Waals surface area contributed by atoms with Crippen LogP contribution in [0.1, 0.15) is 43.9 Å². The third-order valence-corrected chi connectivity index (χ3v) is 11.6. The van der Waals surface area contributed by atoms with E-state index < -0.39 is 72.1 Å². The minimum atomic E-state index is -4.76. The summed E-state index contributed by atoms with van der Waals surface area (Å²) in [5.74, 6) is -1.12. The van der Waals surface area contributed by atoms with Gasteiger partial charge in [0.25, 0.3) is 27.3 Å². The first kappa shape index (κ1) is 46.5. The molecule has 64 heavy (non-hydrogen) atoms. The molecule has 6 rings (SSSR count). The van der Waals surface area contributed by atoms with Crippen molar-refractivity contribution in [2.45, 2.75) is 75.8 Å². The van der Waals surface area contributed by atoms with Crippen LogP contribution in [0.5, 0.6) is 11.5 Å². The minimum Gasteiger partial charge on any atom is -0.489 e. The Morgan fingerprint density at radius 2 is 1.42 bits per heavy atom. The highest BCUT2D eigenvalue weighted by molar-refractivity contribution is 7.90. The molecular weight excluding hydrogens is 870 g/mol. The van der Waals surface area contributed by atoms with E-state index in [0.717, 1.165) is 28.8 Å². The number of ether oxygens (including phenoxy) is 3. The number of carbonyl (C=O) groups is 3. The zero-order valence-electron chi connectivity index (χ0n) is 35.1. The number of halogens is 1. The highest BCUT2D eigenvalue weighted by Crippen LogP contribution is 2.30. The average molecular weight is 914 g/mol. The Labute approximate surface area is 373 Å². The Hall–Kier alpha value is -7.05. The zero-order chi connectivity index (χ0) is 46.3. The number of non-ortho nitro benzene ring substituents is 1. The lowest BCUT2D eigenvalue weighted by Gasteiger charge is -2.28. The van der Waals surface area contributed by atoms with Crippen LogP contribution >= 0.6 is 11.6 Å². The van der Waals surface area contributed by atoms with E-state index in [2.05, 4.69) is 5.32 Å². The van der Waals surface area contributed by atoms with E-state index in [1.165, 1.54) is 17.0 Å². The fraction of sp³-hybridized carbons (Fsp3) is 0.267. The van der Waals surface area contributed by atoms with E-state index in [1.807, 2.05) is 48.0 Å². The van der Waals surface area contributed by atoms with Gasteiger partial charge in [0.2, 0.25) is 5.91 Å². The number of nitrogens with one attached hydrogen (secondary N) is 2. The molecule has 5 aromatic rings. The number of hydrogen-bond acceptors (Lipinski definition) is 12. The molecule has 0 radical (unpaired) electrons. The quantitative estimate of drug-likeness (QED) is 0.0761. The molecule has 1 aliphatic heterocycles. The highest BCUT2D eigenvalue weighted by Gasteiger charge is 2.44. The van der Waals surface area contributed by atoms with Gasteiger partial charge in [-0.3, -0.25) is 34.7 Å². The largest absolute Gasteiger partial charge is 0.489 e. The molecule has 0 unspecified atom stereocenters. The Balaban J connectivity index is 1.23. The number of benzene rings is 5. The van der Waals surface area contributed by atoms with Gasteiger partial charge in [0.1, 0.15) is 46.9 Å². The summed E-state index contributed by atoms with van der Waals surface area (Å²) in [7, 11) is -4.76. The van der Waals surface area contributed by atoms with Crippen LogP contribution in [-0.2, 0) is 37.4 Å². The molecular formula is C45H44ClN5O12S. The third kappa shape index (κ3) is 12.1. The molecule has 0 saturated carbocycles. The summed E-state index contributed by atoms with van der Waals surface area (Å²) in [5, 5.41) is 24.8. The molecule has 1 fully saturated rings. The lowest BCUT2D eigenvalue weighted by molar-refractivity contribution is -0.385. The number of nitro groups is 2. The maximum absolute atomic E-state index is 14.3. The second kappa shape index (κ2) is 19.6. The first-order valence-electron chi connectivity index (χ1n) is 19.8. The number of nitro benzene ring substituents is 2. The normalized spacial score (nSPS) is 15.4. The Bertz CT molecular complexity index is 2640. The number of nitrogens with zero attached hydrogens (tertiary/aromatic N) is 3. The summed E-state index contributed by atoms with van der Waals surface area (Å²) in [6, 6.07) is 27.4. The minimum absolute atomic E-state index is 0.0212. The van der Waals surface area contributed by atoms with Crippen molar-refractivity contribution in [3.8, 4) is 22.6 Å². The smallest absolute Gasteiger partial charge is 0.411 e. The molecule has 5 aromatic carbocycles. The van der Waals surface area contributed by atoms with E-state index >= 15 is 0 Å². The van der Waals surface area contributed by atoms with Crippen LogP contribution in [0.25, 0.3) is 11.1 Å². The van der Waals surface area contributed by atoms with Gasteiger partial charge in [-0.05, 0) is 98.5 Å². The molecule has 0 bridgehead atoms. The van der Waals surface area contributed by atoms with Crippen molar-refractivity contribution in [1.29, 1.82) is 0 Å². The van der Waals surface area contributed by atoms with E-state index in [1.54, 1.807) is 69.3 Å². The summed E-state index contributed by atoms with van der Waals surface area (Å²) in [4.78, 5) is 63.5. The summed E-state index contributed by atoms with van der Waals surface area (Å²) in [5.41, 5.74) is 2.49. The molecule has 2 N–H and O–H groups in total. The Morgan fingerprint density at radius 3 is 2.02 bits per heavy atom. The first-order chi connectivity index (χ1) is 30.2. The van der Waals surface area contributed by atoms with Crippen molar-refractivity contribution >= 4 is 50.9 Å². The Morgan fingerprint density at radius 1 is 0.828 bits per heavy atom. The van der Waals surface area contributed by atoms with Gasteiger partial charge in [-0.2, -0.15) is 0 Å². The van der Waals surface area contributed by atoms with Crippen molar-refractivity contribution in [3.05, 3.63) is 157 Å². The number of aryl methyl sites for hydroxylation is 1. The van der Waals surface area contributed by atoms with Crippen molar-refractivity contribution in [1.82, 2.24) is 14.9 Å². The number of amides is 3. The van der Waals surface area contributed by atoms with Gasteiger partial charge < -0.3 is 19.5 Å². The van der Waals surface area contributed by atoms with Crippen molar-refractivity contribution in [3.63, 3.8) is 0 Å². The first-order valence-corrected chi connectivity index (χ1v) is 21.7. The topological polar surface area (TPSA) is 227 Å². The van der Waals surface area contributed by atoms with E-state index in [9.17, 15) is 43.0 Å². The van der Waals surface area contributed by atoms with E-state index in [0.29, 0.717) is 28.7 Å². The molecule has 0 aromatic heterocycles. The molecule has 1 saturated heterocycles. The standard InChI is InChI=1S/C45H44ClN5O12S/c1-28-5-11-31(12-6-28)32-13-19-35(20-14-32)62-36-24-41(49(26-36)44(54)63-45(2,3)4)43(53)47-39(42(52)48-64(59,60)37-21-22-38(46)40(25-37)51(57)58)23-29-9-17-34(18-10-29)61-27-30-7-15-33(16-8-30)50(55)56/h5-22,25,36,39,41H,23-24,26-27H2,1-4H3,(H,47,53)(H,48,52)/t36-,39-,41-/m0/s1. The predicted molar refractivity (Wildman–Crippen MR) is 235 cm³/mol. The molecule has 3 atom stereocenters. The molecule has 17 nitrogen and oxygen atoms in total. The Kier molecular flexibility index (Phi) is 14.2. The second-order valence-corrected chi connectivity index (χ2v) is 18.1. The maximum Gasteiger partial charge on any atom is 0.411 e. The van der Waals surface area contributed by atoms with Gasteiger partial charge in [-0.1, -0.05) is 65.7 Å². The molecule has 0 aliphatic carbocycles. The van der Waals surface area contributed by atoms with Crippen molar-refractivity contribution in [2.75, 3.05) is 6.54 Å². The lowest BCUT2D eigenvalue weighted by Crippen LogP contribution is -2.55. The van der Waals surface area contributed by atoms with Crippen LogP contribution < -0.4 is 19.5 Å². The third-order valence-electron chi connectivity index (χ3n) is 9.94. The number of sulfonamides is 1. The van der Waals surface area contributed by atoms with Crippen LogP contribution in [0.2, 0.25) is 5.02 Å². The maximum atomic E-state index is 14.3. The number of hydrogen-bond donors (Lipinski definition) is 2. The van der Waals surface area contributed by atoms with Crippen LogP contribution in [-0.4, -0.2) is 71.4 Å². The monoisotopic (exact) mass is 913 g/mol.